The number of hydrogen-bond donors (Lipinski definition) is 1. The fourth-order valence-electron chi connectivity index (χ4n) is 2.01. The Morgan fingerprint density at radius 2 is 1.73 bits per heavy atom. The minimum absolute atomic E-state index is 0.169. The number of benzene rings is 2. The standard InChI is InChI=1S/C19H20FNO/c1-14(2)17-8-3-15(4-9-17)7-12-19(22)21-13-16-5-10-18(20)11-6-16/h3-12,14H,13H2,1-2H3,(H,21,22)/b12-7+. The van der Waals surface area contributed by atoms with E-state index in [9.17, 15) is 9.18 Å². The van der Waals surface area contributed by atoms with Gasteiger partial charge in [-0.2, -0.15) is 0 Å². The van der Waals surface area contributed by atoms with Gasteiger partial charge in [-0.15, -0.1) is 0 Å². The summed E-state index contributed by atoms with van der Waals surface area (Å²) in [4.78, 5) is 11.8. The number of carbonyl (C=O) groups is 1. The molecule has 0 heterocycles. The van der Waals surface area contributed by atoms with E-state index in [0.29, 0.717) is 12.5 Å². The van der Waals surface area contributed by atoms with E-state index < -0.39 is 0 Å². The summed E-state index contributed by atoms with van der Waals surface area (Å²) in [6.07, 6.45) is 3.29. The van der Waals surface area contributed by atoms with E-state index in [1.54, 1.807) is 18.2 Å². The molecule has 0 spiro atoms. The maximum absolute atomic E-state index is 12.8. The molecule has 0 saturated carbocycles. The first-order valence-corrected chi connectivity index (χ1v) is 7.35. The molecule has 114 valence electrons. The van der Waals surface area contributed by atoms with Gasteiger partial charge in [0, 0.05) is 12.6 Å². The molecule has 2 nitrogen and oxygen atoms in total. The van der Waals surface area contributed by atoms with Crippen molar-refractivity contribution in [2.75, 3.05) is 0 Å². The monoisotopic (exact) mass is 297 g/mol. The molecule has 0 aliphatic carbocycles. The molecule has 2 aromatic rings. The summed E-state index contributed by atoms with van der Waals surface area (Å²) >= 11 is 0. The van der Waals surface area contributed by atoms with Crippen LogP contribution in [0.1, 0.15) is 36.5 Å². The third-order valence-corrected chi connectivity index (χ3v) is 3.41. The fourth-order valence-corrected chi connectivity index (χ4v) is 2.01. The lowest BCUT2D eigenvalue weighted by Crippen LogP contribution is -2.20. The number of rotatable bonds is 5. The minimum Gasteiger partial charge on any atom is -0.348 e. The van der Waals surface area contributed by atoms with Crippen LogP contribution in [0.25, 0.3) is 6.08 Å². The summed E-state index contributed by atoms with van der Waals surface area (Å²) in [5, 5.41) is 2.77. The van der Waals surface area contributed by atoms with Crippen molar-refractivity contribution in [1.29, 1.82) is 0 Å². The van der Waals surface area contributed by atoms with Gasteiger partial charge in [0.25, 0.3) is 0 Å². The lowest BCUT2D eigenvalue weighted by Gasteiger charge is -2.05. The summed E-state index contributed by atoms with van der Waals surface area (Å²) in [5.74, 6) is 0.0501. The van der Waals surface area contributed by atoms with Gasteiger partial charge in [0.05, 0.1) is 0 Å². The van der Waals surface area contributed by atoms with Gasteiger partial charge >= 0.3 is 0 Å². The zero-order valence-corrected chi connectivity index (χ0v) is 12.8. The van der Waals surface area contributed by atoms with Gasteiger partial charge in [-0.1, -0.05) is 50.2 Å². The van der Waals surface area contributed by atoms with Crippen LogP contribution >= 0.6 is 0 Å². The first kappa shape index (κ1) is 16.0. The van der Waals surface area contributed by atoms with Gasteiger partial charge in [0.1, 0.15) is 5.82 Å². The van der Waals surface area contributed by atoms with Crippen molar-refractivity contribution in [1.82, 2.24) is 5.32 Å². The molecule has 0 unspecified atom stereocenters. The van der Waals surface area contributed by atoms with Crippen molar-refractivity contribution in [3.05, 3.63) is 77.1 Å². The lowest BCUT2D eigenvalue weighted by atomic mass is 10.0. The Morgan fingerprint density at radius 1 is 1.09 bits per heavy atom. The van der Waals surface area contributed by atoms with Crippen molar-refractivity contribution in [2.24, 2.45) is 0 Å². The van der Waals surface area contributed by atoms with Gasteiger partial charge in [-0.25, -0.2) is 4.39 Å². The minimum atomic E-state index is -0.278. The highest BCUT2D eigenvalue weighted by Crippen LogP contribution is 2.15. The van der Waals surface area contributed by atoms with Crippen LogP contribution in [0, 0.1) is 5.82 Å². The smallest absolute Gasteiger partial charge is 0.244 e. The van der Waals surface area contributed by atoms with Crippen LogP contribution < -0.4 is 5.32 Å². The molecule has 3 heteroatoms. The topological polar surface area (TPSA) is 29.1 Å². The molecule has 0 aromatic heterocycles. The third kappa shape index (κ3) is 4.85. The Labute approximate surface area is 130 Å². The van der Waals surface area contributed by atoms with Crippen molar-refractivity contribution in [2.45, 2.75) is 26.3 Å². The molecule has 22 heavy (non-hydrogen) atoms. The quantitative estimate of drug-likeness (QED) is 0.820. The SMILES string of the molecule is CC(C)c1ccc(/C=C/C(=O)NCc2ccc(F)cc2)cc1. The van der Waals surface area contributed by atoms with Crippen LogP contribution in [0.4, 0.5) is 4.39 Å². The third-order valence-electron chi connectivity index (χ3n) is 3.41. The number of amides is 1. The maximum Gasteiger partial charge on any atom is 0.244 e. The summed E-state index contributed by atoms with van der Waals surface area (Å²) < 4.78 is 12.8. The molecule has 0 atom stereocenters. The van der Waals surface area contributed by atoms with Gasteiger partial charge < -0.3 is 5.32 Å². The van der Waals surface area contributed by atoms with Crippen LogP contribution in [-0.2, 0) is 11.3 Å². The zero-order chi connectivity index (χ0) is 15.9. The average Bonchev–Trinajstić information content (AvgIpc) is 2.52. The molecule has 1 amide bonds. The highest BCUT2D eigenvalue weighted by Gasteiger charge is 1.99. The molecule has 0 aliphatic heterocycles. The molecule has 1 N–H and O–H groups in total. The number of carbonyl (C=O) groups excluding carboxylic acids is 1. The highest BCUT2D eigenvalue weighted by molar-refractivity contribution is 5.91. The van der Waals surface area contributed by atoms with Gasteiger partial charge in [0.15, 0.2) is 0 Å². The molecule has 2 aromatic carbocycles. The Morgan fingerprint density at radius 3 is 2.32 bits per heavy atom. The molecule has 0 radical (unpaired) electrons. The predicted molar refractivity (Wildman–Crippen MR) is 87.8 cm³/mol. The Bertz CT molecular complexity index is 642. The predicted octanol–water partition coefficient (Wildman–Crippen LogP) is 4.28. The number of halogens is 1. The van der Waals surface area contributed by atoms with E-state index in [0.717, 1.165) is 11.1 Å². The molecule has 0 aliphatic rings. The summed E-state index contributed by atoms with van der Waals surface area (Å²) in [6.45, 7) is 4.68. The van der Waals surface area contributed by atoms with E-state index in [1.807, 2.05) is 12.1 Å². The van der Waals surface area contributed by atoms with Crippen molar-refractivity contribution in [3.63, 3.8) is 0 Å². The molecular formula is C19H20FNO. The first-order valence-electron chi connectivity index (χ1n) is 7.35. The van der Waals surface area contributed by atoms with E-state index in [1.165, 1.54) is 23.8 Å². The molecule has 0 bridgehead atoms. The second-order valence-corrected chi connectivity index (χ2v) is 5.50. The summed E-state index contributed by atoms with van der Waals surface area (Å²) in [6, 6.07) is 14.2. The lowest BCUT2D eigenvalue weighted by molar-refractivity contribution is -0.116. The van der Waals surface area contributed by atoms with Crippen LogP contribution in [-0.4, -0.2) is 5.91 Å². The van der Waals surface area contributed by atoms with Crippen molar-refractivity contribution in [3.8, 4) is 0 Å². The van der Waals surface area contributed by atoms with E-state index in [-0.39, 0.29) is 11.7 Å². The Hall–Kier alpha value is -2.42. The van der Waals surface area contributed by atoms with Crippen LogP contribution in [0.15, 0.2) is 54.6 Å². The fraction of sp³-hybridized carbons (Fsp3) is 0.211. The van der Waals surface area contributed by atoms with Crippen molar-refractivity contribution < 1.29 is 9.18 Å². The second kappa shape index (κ2) is 7.55. The first-order chi connectivity index (χ1) is 10.5. The van der Waals surface area contributed by atoms with E-state index in [2.05, 4.69) is 31.3 Å². The van der Waals surface area contributed by atoms with Crippen molar-refractivity contribution >= 4 is 12.0 Å². The van der Waals surface area contributed by atoms with Gasteiger partial charge in [-0.05, 0) is 40.8 Å². The van der Waals surface area contributed by atoms with Crippen LogP contribution in [0.3, 0.4) is 0 Å². The normalized spacial score (nSPS) is 11.1. The molecule has 0 fully saturated rings. The van der Waals surface area contributed by atoms with E-state index >= 15 is 0 Å². The number of hydrogen-bond acceptors (Lipinski definition) is 1. The highest BCUT2D eigenvalue weighted by atomic mass is 19.1. The van der Waals surface area contributed by atoms with Crippen LogP contribution in [0.2, 0.25) is 0 Å². The molecular weight excluding hydrogens is 277 g/mol. The van der Waals surface area contributed by atoms with Gasteiger partial charge in [0.2, 0.25) is 5.91 Å². The van der Waals surface area contributed by atoms with Gasteiger partial charge in [-0.3, -0.25) is 4.79 Å². The average molecular weight is 297 g/mol. The second-order valence-electron chi connectivity index (χ2n) is 5.50. The zero-order valence-electron chi connectivity index (χ0n) is 12.8. The molecule has 2 rings (SSSR count). The number of nitrogens with one attached hydrogen (secondary N) is 1. The largest absolute Gasteiger partial charge is 0.348 e. The molecule has 0 saturated heterocycles. The Kier molecular flexibility index (Phi) is 5.48. The maximum atomic E-state index is 12.8. The summed E-state index contributed by atoms with van der Waals surface area (Å²) in [7, 11) is 0. The Balaban J connectivity index is 1.87. The van der Waals surface area contributed by atoms with E-state index in [4.69, 9.17) is 0 Å². The summed E-state index contributed by atoms with van der Waals surface area (Å²) in [5.41, 5.74) is 3.13. The van der Waals surface area contributed by atoms with Crippen LogP contribution in [0.5, 0.6) is 0 Å².